The lowest BCUT2D eigenvalue weighted by molar-refractivity contribution is -0.384. The normalized spacial score (nSPS) is 10.4. The molecule has 0 aliphatic rings. The molecule has 1 aromatic heterocycles. The van der Waals surface area contributed by atoms with E-state index in [4.69, 9.17) is 10.5 Å². The Morgan fingerprint density at radius 2 is 1.80 bits per heavy atom. The van der Waals surface area contributed by atoms with Gasteiger partial charge in [-0.3, -0.25) is 19.7 Å². The predicted molar refractivity (Wildman–Crippen MR) is 114 cm³/mol. The summed E-state index contributed by atoms with van der Waals surface area (Å²) >= 11 is 1.30. The van der Waals surface area contributed by atoms with Crippen LogP contribution in [0.2, 0.25) is 0 Å². The average molecular weight is 425 g/mol. The molecule has 3 rings (SSSR count). The molecule has 1 heterocycles. The Kier molecular flexibility index (Phi) is 6.43. The second-order valence-corrected chi connectivity index (χ2v) is 7.57. The van der Waals surface area contributed by atoms with E-state index in [-0.39, 0.29) is 17.9 Å². The number of non-ortho nitro benzene ring substituents is 1. The van der Waals surface area contributed by atoms with Crippen molar-refractivity contribution in [1.82, 2.24) is 0 Å². The summed E-state index contributed by atoms with van der Waals surface area (Å²) in [5, 5.41) is 13.7. The number of hydrogen-bond acceptors (Lipinski definition) is 6. The molecule has 0 radical (unpaired) electrons. The minimum Gasteiger partial charge on any atom is -0.484 e. The van der Waals surface area contributed by atoms with Crippen molar-refractivity contribution in [2.75, 3.05) is 11.9 Å². The fourth-order valence-electron chi connectivity index (χ4n) is 2.87. The van der Waals surface area contributed by atoms with Crippen molar-refractivity contribution in [3.63, 3.8) is 0 Å². The van der Waals surface area contributed by atoms with Gasteiger partial charge >= 0.3 is 0 Å². The average Bonchev–Trinajstić information content (AvgIpc) is 3.02. The van der Waals surface area contributed by atoms with Crippen molar-refractivity contribution in [3.8, 4) is 5.75 Å². The van der Waals surface area contributed by atoms with Gasteiger partial charge in [-0.25, -0.2) is 0 Å². The minimum atomic E-state index is -0.616. The molecular formula is C21H19N3O5S. The van der Waals surface area contributed by atoms with Crippen molar-refractivity contribution in [1.29, 1.82) is 0 Å². The SMILES string of the molecule is Cc1c(Cc2ccccc2)sc(NC(=O)COc2ccc([N+](=O)[O-])cc2)c1C(N)=O. The van der Waals surface area contributed by atoms with Crippen LogP contribution in [0.4, 0.5) is 10.7 Å². The van der Waals surface area contributed by atoms with E-state index in [1.54, 1.807) is 6.92 Å². The van der Waals surface area contributed by atoms with E-state index in [1.165, 1.54) is 35.6 Å². The van der Waals surface area contributed by atoms with Crippen LogP contribution < -0.4 is 15.8 Å². The lowest BCUT2D eigenvalue weighted by Gasteiger charge is -2.07. The fraction of sp³-hybridized carbons (Fsp3) is 0.143. The predicted octanol–water partition coefficient (Wildman–Crippen LogP) is 3.67. The molecule has 0 aliphatic carbocycles. The lowest BCUT2D eigenvalue weighted by Crippen LogP contribution is -2.22. The summed E-state index contributed by atoms with van der Waals surface area (Å²) in [6, 6.07) is 15.2. The highest BCUT2D eigenvalue weighted by atomic mass is 32.1. The van der Waals surface area contributed by atoms with Gasteiger partial charge in [0.05, 0.1) is 10.5 Å². The van der Waals surface area contributed by atoms with Crippen molar-refractivity contribution in [2.45, 2.75) is 13.3 Å². The Balaban J connectivity index is 1.70. The maximum atomic E-state index is 12.3. The molecule has 2 amide bonds. The van der Waals surface area contributed by atoms with Gasteiger partial charge in [-0.05, 0) is 30.2 Å². The quantitative estimate of drug-likeness (QED) is 0.421. The fourth-order valence-corrected chi connectivity index (χ4v) is 4.13. The molecule has 0 spiro atoms. The Hall–Kier alpha value is -3.72. The summed E-state index contributed by atoms with van der Waals surface area (Å²) in [4.78, 5) is 35.4. The topological polar surface area (TPSA) is 125 Å². The van der Waals surface area contributed by atoms with Crippen LogP contribution in [-0.2, 0) is 11.2 Å². The third-order valence-electron chi connectivity index (χ3n) is 4.37. The first-order valence-corrected chi connectivity index (χ1v) is 9.80. The first-order valence-electron chi connectivity index (χ1n) is 8.98. The molecule has 2 aromatic carbocycles. The van der Waals surface area contributed by atoms with Crippen LogP contribution in [-0.4, -0.2) is 23.3 Å². The maximum absolute atomic E-state index is 12.3. The Morgan fingerprint density at radius 3 is 2.40 bits per heavy atom. The number of benzene rings is 2. The molecule has 0 fully saturated rings. The highest BCUT2D eigenvalue weighted by molar-refractivity contribution is 7.17. The van der Waals surface area contributed by atoms with Gasteiger partial charge in [-0.15, -0.1) is 11.3 Å². The van der Waals surface area contributed by atoms with E-state index in [1.807, 2.05) is 30.3 Å². The third kappa shape index (κ3) is 5.00. The minimum absolute atomic E-state index is 0.0714. The maximum Gasteiger partial charge on any atom is 0.269 e. The van der Waals surface area contributed by atoms with E-state index < -0.39 is 16.7 Å². The standard InChI is InChI=1S/C21H19N3O5S/c1-13-17(11-14-5-3-2-4-6-14)30-21(19(13)20(22)26)23-18(25)12-29-16-9-7-15(8-10-16)24(27)28/h2-10H,11-12H2,1H3,(H2,22,26)(H,23,25). The lowest BCUT2D eigenvalue weighted by atomic mass is 10.1. The number of anilines is 1. The molecule has 0 saturated heterocycles. The molecule has 0 atom stereocenters. The number of nitrogens with two attached hydrogens (primary N) is 1. The number of primary amides is 1. The molecule has 8 nitrogen and oxygen atoms in total. The Morgan fingerprint density at radius 1 is 1.13 bits per heavy atom. The number of nitrogens with zero attached hydrogens (tertiary/aromatic N) is 1. The molecular weight excluding hydrogens is 406 g/mol. The monoisotopic (exact) mass is 425 g/mol. The summed E-state index contributed by atoms with van der Waals surface area (Å²) in [6.07, 6.45) is 0.618. The van der Waals surface area contributed by atoms with E-state index in [9.17, 15) is 19.7 Å². The van der Waals surface area contributed by atoms with Crippen molar-refractivity contribution < 1.29 is 19.2 Å². The van der Waals surface area contributed by atoms with Crippen LogP contribution in [0, 0.1) is 17.0 Å². The van der Waals surface area contributed by atoms with E-state index in [0.717, 1.165) is 16.0 Å². The molecule has 3 N–H and O–H groups in total. The number of rotatable bonds is 8. The van der Waals surface area contributed by atoms with E-state index >= 15 is 0 Å². The van der Waals surface area contributed by atoms with Crippen molar-refractivity contribution in [3.05, 3.63) is 86.3 Å². The zero-order chi connectivity index (χ0) is 21.7. The number of thiophene rings is 1. The molecule has 30 heavy (non-hydrogen) atoms. The van der Waals surface area contributed by atoms with Gasteiger partial charge in [0.2, 0.25) is 0 Å². The largest absolute Gasteiger partial charge is 0.484 e. The highest BCUT2D eigenvalue weighted by Crippen LogP contribution is 2.34. The number of ether oxygens (including phenoxy) is 1. The van der Waals surface area contributed by atoms with Gasteiger partial charge in [0.25, 0.3) is 17.5 Å². The van der Waals surface area contributed by atoms with Crippen LogP contribution in [0.15, 0.2) is 54.6 Å². The van der Waals surface area contributed by atoms with Crippen LogP contribution in [0.3, 0.4) is 0 Å². The molecule has 0 bridgehead atoms. The first-order chi connectivity index (χ1) is 14.3. The molecule has 9 heteroatoms. The molecule has 3 aromatic rings. The van der Waals surface area contributed by atoms with Crippen LogP contribution in [0.1, 0.15) is 26.4 Å². The summed E-state index contributed by atoms with van der Waals surface area (Å²) in [5.41, 5.74) is 7.57. The van der Waals surface area contributed by atoms with Crippen LogP contribution in [0.5, 0.6) is 5.75 Å². The second-order valence-electron chi connectivity index (χ2n) is 6.47. The number of nitro groups is 1. The van der Waals surface area contributed by atoms with Gasteiger partial charge in [-0.1, -0.05) is 30.3 Å². The number of carbonyl (C=O) groups is 2. The molecule has 154 valence electrons. The summed E-state index contributed by atoms with van der Waals surface area (Å²) in [7, 11) is 0. The number of nitro benzene ring substituents is 1. The number of nitrogens with one attached hydrogen (secondary N) is 1. The summed E-state index contributed by atoms with van der Waals surface area (Å²) < 4.78 is 5.36. The van der Waals surface area contributed by atoms with Gasteiger partial charge in [0.1, 0.15) is 10.8 Å². The van der Waals surface area contributed by atoms with E-state index in [2.05, 4.69) is 5.32 Å². The first kappa shape index (κ1) is 21.0. The number of amides is 2. The van der Waals surface area contributed by atoms with Gasteiger partial charge in [0, 0.05) is 23.4 Å². The van der Waals surface area contributed by atoms with Crippen molar-refractivity contribution in [2.24, 2.45) is 5.73 Å². The van der Waals surface area contributed by atoms with Gasteiger partial charge in [-0.2, -0.15) is 0 Å². The molecule has 0 saturated carbocycles. The van der Waals surface area contributed by atoms with Gasteiger partial charge < -0.3 is 15.8 Å². The zero-order valence-corrected chi connectivity index (χ0v) is 16.9. The molecule has 0 unspecified atom stereocenters. The highest BCUT2D eigenvalue weighted by Gasteiger charge is 2.21. The number of hydrogen-bond donors (Lipinski definition) is 2. The summed E-state index contributed by atoms with van der Waals surface area (Å²) in [6.45, 7) is 1.48. The smallest absolute Gasteiger partial charge is 0.269 e. The Bertz CT molecular complexity index is 1080. The third-order valence-corrected chi connectivity index (χ3v) is 5.58. The van der Waals surface area contributed by atoms with Gasteiger partial charge in [0.15, 0.2) is 6.61 Å². The van der Waals surface area contributed by atoms with Crippen molar-refractivity contribution >= 4 is 33.8 Å². The second kappa shape index (κ2) is 9.19. The van der Waals surface area contributed by atoms with E-state index in [0.29, 0.717) is 17.2 Å². The van der Waals surface area contributed by atoms with Crippen LogP contribution >= 0.6 is 11.3 Å². The molecule has 0 aliphatic heterocycles. The van der Waals surface area contributed by atoms with Crippen LogP contribution in [0.25, 0.3) is 0 Å². The Labute approximate surface area is 176 Å². The number of carbonyl (C=O) groups excluding carboxylic acids is 2. The summed E-state index contributed by atoms with van der Waals surface area (Å²) in [5.74, 6) is -0.768. The zero-order valence-electron chi connectivity index (χ0n) is 16.1.